The summed E-state index contributed by atoms with van der Waals surface area (Å²) in [5, 5.41) is 0. The van der Waals surface area contributed by atoms with Crippen LogP contribution in [0.4, 0.5) is 0 Å². The minimum Gasteiger partial charge on any atom is -0.322 e. The van der Waals surface area contributed by atoms with Crippen molar-refractivity contribution in [3.05, 3.63) is 0 Å². The van der Waals surface area contributed by atoms with Crippen molar-refractivity contribution in [2.75, 3.05) is 53.4 Å². The van der Waals surface area contributed by atoms with Gasteiger partial charge in [-0.1, -0.05) is 12.8 Å². The fourth-order valence-electron chi connectivity index (χ4n) is 3.05. The number of hydrogen-bond acceptors (Lipinski definition) is 0. The third-order valence-electron chi connectivity index (χ3n) is 5.35. The van der Waals surface area contributed by atoms with E-state index in [9.17, 15) is 0 Å². The summed E-state index contributed by atoms with van der Waals surface area (Å²) < 4.78 is 2.57. The van der Waals surface area contributed by atoms with Crippen LogP contribution in [0.3, 0.4) is 0 Å². The van der Waals surface area contributed by atoms with Crippen molar-refractivity contribution in [2.24, 2.45) is 0 Å². The van der Waals surface area contributed by atoms with Gasteiger partial charge in [-0.05, 0) is 39.5 Å². The van der Waals surface area contributed by atoms with Crippen molar-refractivity contribution in [1.29, 1.82) is 0 Å². The van der Waals surface area contributed by atoms with Crippen LogP contribution in [0.1, 0.15) is 52.4 Å². The van der Waals surface area contributed by atoms with E-state index >= 15 is 0 Å². The Bertz CT molecular complexity index is 211. The molecule has 1 heterocycles. The molecule has 0 amide bonds. The van der Waals surface area contributed by atoms with Gasteiger partial charge < -0.3 is 8.97 Å². The first kappa shape index (κ1) is 16.0. The maximum atomic E-state index is 2.50. The topological polar surface area (TPSA) is 0 Å². The van der Waals surface area contributed by atoms with E-state index in [-0.39, 0.29) is 0 Å². The highest BCUT2D eigenvalue weighted by molar-refractivity contribution is 4.52. The standard InChI is InChI=1S/C16H36N2/c1-5-17(3,6-2)15-16-18(4)13-11-9-7-8-10-12-14-18/h5-16H2,1-4H3/q+2. The molecule has 108 valence electrons. The van der Waals surface area contributed by atoms with Crippen LogP contribution >= 0.6 is 0 Å². The molecule has 0 atom stereocenters. The summed E-state index contributed by atoms with van der Waals surface area (Å²) in [5.41, 5.74) is 0. The molecule has 0 bridgehead atoms. The van der Waals surface area contributed by atoms with Gasteiger partial charge in [0, 0.05) is 0 Å². The van der Waals surface area contributed by atoms with Crippen molar-refractivity contribution >= 4 is 0 Å². The van der Waals surface area contributed by atoms with Crippen molar-refractivity contribution in [3.8, 4) is 0 Å². The first-order chi connectivity index (χ1) is 8.54. The van der Waals surface area contributed by atoms with E-state index in [0.717, 1.165) is 0 Å². The molecule has 0 aliphatic carbocycles. The second-order valence-corrected chi connectivity index (χ2v) is 6.89. The molecular weight excluding hydrogens is 220 g/mol. The van der Waals surface area contributed by atoms with Crippen LogP contribution < -0.4 is 0 Å². The van der Waals surface area contributed by atoms with Gasteiger partial charge in [0.1, 0.15) is 13.1 Å². The van der Waals surface area contributed by atoms with Crippen molar-refractivity contribution in [2.45, 2.75) is 52.4 Å². The summed E-state index contributed by atoms with van der Waals surface area (Å²) >= 11 is 0. The molecule has 0 saturated carbocycles. The lowest BCUT2D eigenvalue weighted by Crippen LogP contribution is -2.54. The van der Waals surface area contributed by atoms with Crippen LogP contribution in [-0.4, -0.2) is 62.3 Å². The molecule has 0 aromatic carbocycles. The Morgan fingerprint density at radius 1 is 0.833 bits per heavy atom. The van der Waals surface area contributed by atoms with Gasteiger partial charge in [0.2, 0.25) is 0 Å². The van der Waals surface area contributed by atoms with Gasteiger partial charge in [0.25, 0.3) is 0 Å². The quantitative estimate of drug-likeness (QED) is 0.662. The van der Waals surface area contributed by atoms with Gasteiger partial charge >= 0.3 is 0 Å². The highest BCUT2D eigenvalue weighted by Gasteiger charge is 2.26. The van der Waals surface area contributed by atoms with Crippen LogP contribution in [0.5, 0.6) is 0 Å². The van der Waals surface area contributed by atoms with Crippen LogP contribution in [0, 0.1) is 0 Å². The van der Waals surface area contributed by atoms with Gasteiger partial charge in [0.15, 0.2) is 0 Å². The average molecular weight is 256 g/mol. The van der Waals surface area contributed by atoms with Gasteiger partial charge in [-0.2, -0.15) is 0 Å². The van der Waals surface area contributed by atoms with E-state index < -0.39 is 0 Å². The van der Waals surface area contributed by atoms with E-state index in [4.69, 9.17) is 0 Å². The fraction of sp³-hybridized carbons (Fsp3) is 1.00. The zero-order chi connectivity index (χ0) is 13.5. The Morgan fingerprint density at radius 3 is 1.72 bits per heavy atom. The molecule has 1 aliphatic rings. The van der Waals surface area contributed by atoms with Crippen molar-refractivity contribution < 1.29 is 8.97 Å². The normalized spacial score (nSPS) is 22.0. The van der Waals surface area contributed by atoms with E-state index in [1.54, 1.807) is 0 Å². The summed E-state index contributed by atoms with van der Waals surface area (Å²) in [6, 6.07) is 0. The maximum Gasteiger partial charge on any atom is 0.128 e. The Balaban J connectivity index is 2.49. The Hall–Kier alpha value is -0.0800. The number of hydrogen-bond donors (Lipinski definition) is 0. The zero-order valence-electron chi connectivity index (χ0n) is 13.4. The molecule has 2 heteroatoms. The molecule has 2 nitrogen and oxygen atoms in total. The third kappa shape index (κ3) is 5.27. The molecule has 1 fully saturated rings. The second-order valence-electron chi connectivity index (χ2n) is 6.89. The maximum absolute atomic E-state index is 2.50. The number of quaternary nitrogens is 2. The highest BCUT2D eigenvalue weighted by atomic mass is 15.4. The molecular formula is C16H36N2+2. The molecule has 1 aliphatic heterocycles. The van der Waals surface area contributed by atoms with E-state index in [0.29, 0.717) is 0 Å². The predicted octanol–water partition coefficient (Wildman–Crippen LogP) is 3.27. The number of rotatable bonds is 5. The smallest absolute Gasteiger partial charge is 0.128 e. The van der Waals surface area contributed by atoms with Crippen LogP contribution in [-0.2, 0) is 0 Å². The molecule has 0 aromatic heterocycles. The van der Waals surface area contributed by atoms with Crippen LogP contribution in [0.25, 0.3) is 0 Å². The lowest BCUT2D eigenvalue weighted by molar-refractivity contribution is -0.962. The van der Waals surface area contributed by atoms with Crippen molar-refractivity contribution in [1.82, 2.24) is 0 Å². The molecule has 1 rings (SSSR count). The van der Waals surface area contributed by atoms with Gasteiger partial charge in [-0.25, -0.2) is 0 Å². The van der Waals surface area contributed by atoms with E-state index in [1.165, 1.54) is 86.8 Å². The molecule has 1 saturated heterocycles. The Labute approximate surface area is 115 Å². The minimum atomic E-state index is 1.24. The molecule has 0 spiro atoms. The number of nitrogens with zero attached hydrogens (tertiary/aromatic N) is 2. The minimum absolute atomic E-state index is 1.24. The summed E-state index contributed by atoms with van der Waals surface area (Å²) in [6.07, 6.45) is 8.75. The van der Waals surface area contributed by atoms with E-state index in [2.05, 4.69) is 27.9 Å². The molecule has 0 unspecified atom stereocenters. The van der Waals surface area contributed by atoms with E-state index in [1.807, 2.05) is 0 Å². The third-order valence-corrected chi connectivity index (χ3v) is 5.35. The first-order valence-electron chi connectivity index (χ1n) is 8.21. The largest absolute Gasteiger partial charge is 0.322 e. The summed E-state index contributed by atoms with van der Waals surface area (Å²) in [5.74, 6) is 0. The molecule has 0 aromatic rings. The van der Waals surface area contributed by atoms with Crippen molar-refractivity contribution in [3.63, 3.8) is 0 Å². The SMILES string of the molecule is CC[N+](C)(CC)CC[N+]1(C)CCCCCCCC1. The Kier molecular flexibility index (Phi) is 6.65. The molecule has 18 heavy (non-hydrogen) atoms. The van der Waals surface area contributed by atoms with Gasteiger partial charge in [-0.15, -0.1) is 0 Å². The molecule has 0 radical (unpaired) electrons. The summed E-state index contributed by atoms with van der Waals surface area (Å²) in [4.78, 5) is 0. The lowest BCUT2D eigenvalue weighted by Gasteiger charge is -2.39. The summed E-state index contributed by atoms with van der Waals surface area (Å²) in [6.45, 7) is 12.8. The van der Waals surface area contributed by atoms with Crippen LogP contribution in [0.2, 0.25) is 0 Å². The first-order valence-corrected chi connectivity index (χ1v) is 8.21. The lowest BCUT2D eigenvalue weighted by atomic mass is 10.1. The molecule has 0 N–H and O–H groups in total. The predicted molar refractivity (Wildman–Crippen MR) is 80.6 cm³/mol. The van der Waals surface area contributed by atoms with Gasteiger partial charge in [0.05, 0.1) is 40.3 Å². The zero-order valence-corrected chi connectivity index (χ0v) is 13.4. The average Bonchev–Trinajstić information content (AvgIpc) is 2.49. The Morgan fingerprint density at radius 2 is 1.28 bits per heavy atom. The fourth-order valence-corrected chi connectivity index (χ4v) is 3.05. The monoisotopic (exact) mass is 256 g/mol. The number of likely N-dealkylation sites (N-methyl/N-ethyl adjacent to an activating group) is 2. The second kappa shape index (κ2) is 7.49. The highest BCUT2D eigenvalue weighted by Crippen LogP contribution is 2.16. The van der Waals surface area contributed by atoms with Gasteiger partial charge in [-0.3, -0.25) is 0 Å². The summed E-state index contributed by atoms with van der Waals surface area (Å²) in [7, 11) is 4.92. The van der Waals surface area contributed by atoms with Crippen LogP contribution in [0.15, 0.2) is 0 Å².